The molecular formula is C24H29N3O5S. The number of carbonyl (C=O) groups is 2. The van der Waals surface area contributed by atoms with Crippen LogP contribution in [-0.2, 0) is 19.6 Å². The van der Waals surface area contributed by atoms with Crippen molar-refractivity contribution in [3.05, 3.63) is 59.8 Å². The number of nitrogens with one attached hydrogen (secondary N) is 1. The largest absolute Gasteiger partial charge is 0.495 e. The zero-order chi connectivity index (χ0) is 24.2. The summed E-state index contributed by atoms with van der Waals surface area (Å²) in [6, 6.07) is 11.5. The first-order valence-electron chi connectivity index (χ1n) is 10.8. The Morgan fingerprint density at radius 3 is 2.45 bits per heavy atom. The van der Waals surface area contributed by atoms with Crippen LogP contribution in [0.3, 0.4) is 0 Å². The number of nitrogens with zero attached hydrogens (tertiary/aromatic N) is 2. The molecule has 0 unspecified atom stereocenters. The lowest BCUT2D eigenvalue weighted by molar-refractivity contribution is -0.129. The fraction of sp³-hybridized carbons (Fsp3) is 0.333. The standard InChI is InChI=1S/C24H29N3O5S/c1-5-26(6-2)33(30,31)19-11-12-23(32-4)21(15-19)25-24(29)16-22-20-10-8-7-9-18(20)13-14-27(22)17(3)28/h7-15,22H,5-6,16H2,1-4H3,(H,25,29)/t22-/m1/s1. The van der Waals surface area contributed by atoms with Crippen molar-refractivity contribution in [2.45, 2.75) is 38.1 Å². The first kappa shape index (κ1) is 24.5. The summed E-state index contributed by atoms with van der Waals surface area (Å²) in [4.78, 5) is 26.8. The zero-order valence-electron chi connectivity index (χ0n) is 19.2. The van der Waals surface area contributed by atoms with E-state index >= 15 is 0 Å². The molecular weight excluding hydrogens is 442 g/mol. The van der Waals surface area contributed by atoms with E-state index in [-0.39, 0.29) is 28.8 Å². The molecule has 0 radical (unpaired) electrons. The molecule has 2 amide bonds. The molecule has 0 fully saturated rings. The van der Waals surface area contributed by atoms with Gasteiger partial charge in [-0.3, -0.25) is 9.59 Å². The number of carbonyl (C=O) groups excluding carboxylic acids is 2. The number of methoxy groups -OCH3 is 1. The van der Waals surface area contributed by atoms with Crippen molar-refractivity contribution in [3.8, 4) is 5.75 Å². The Morgan fingerprint density at radius 2 is 1.82 bits per heavy atom. The van der Waals surface area contributed by atoms with Crippen molar-refractivity contribution < 1.29 is 22.7 Å². The molecule has 0 aliphatic carbocycles. The van der Waals surface area contributed by atoms with E-state index in [2.05, 4.69) is 5.32 Å². The van der Waals surface area contributed by atoms with Gasteiger partial charge in [0.05, 0.1) is 30.2 Å². The van der Waals surface area contributed by atoms with Crippen LogP contribution in [0.2, 0.25) is 0 Å². The number of fused-ring (bicyclic) bond motifs is 1. The molecule has 0 bridgehead atoms. The summed E-state index contributed by atoms with van der Waals surface area (Å²) in [6.45, 7) is 5.66. The second-order valence-corrected chi connectivity index (χ2v) is 9.53. The van der Waals surface area contributed by atoms with Gasteiger partial charge in [0.25, 0.3) is 0 Å². The number of anilines is 1. The first-order chi connectivity index (χ1) is 15.7. The van der Waals surface area contributed by atoms with Crippen LogP contribution in [0.4, 0.5) is 5.69 Å². The Bertz CT molecular complexity index is 1170. The molecule has 2 aromatic rings. The van der Waals surface area contributed by atoms with Gasteiger partial charge in [-0.1, -0.05) is 38.1 Å². The Kier molecular flexibility index (Phi) is 7.55. The van der Waals surface area contributed by atoms with E-state index < -0.39 is 16.1 Å². The number of hydrogen-bond acceptors (Lipinski definition) is 5. The number of hydrogen-bond donors (Lipinski definition) is 1. The van der Waals surface area contributed by atoms with E-state index in [1.54, 1.807) is 20.0 Å². The summed E-state index contributed by atoms with van der Waals surface area (Å²) in [6.07, 6.45) is 3.52. The van der Waals surface area contributed by atoms with Crippen molar-refractivity contribution in [1.82, 2.24) is 9.21 Å². The number of ether oxygens (including phenoxy) is 1. The van der Waals surface area contributed by atoms with Gasteiger partial charge in [0, 0.05) is 26.2 Å². The van der Waals surface area contributed by atoms with Crippen LogP contribution in [-0.4, -0.2) is 49.6 Å². The molecule has 9 heteroatoms. The lowest BCUT2D eigenvalue weighted by atomic mass is 9.93. The summed E-state index contributed by atoms with van der Waals surface area (Å²) in [5.41, 5.74) is 2.07. The quantitative estimate of drug-likeness (QED) is 0.634. The molecule has 0 aromatic heterocycles. The van der Waals surface area contributed by atoms with Crippen LogP contribution < -0.4 is 10.1 Å². The minimum absolute atomic E-state index is 0.00287. The number of rotatable bonds is 8. The van der Waals surface area contributed by atoms with E-state index in [4.69, 9.17) is 4.74 Å². The summed E-state index contributed by atoms with van der Waals surface area (Å²) < 4.78 is 32.5. The summed E-state index contributed by atoms with van der Waals surface area (Å²) >= 11 is 0. The third-order valence-electron chi connectivity index (χ3n) is 5.64. The zero-order valence-corrected chi connectivity index (χ0v) is 20.1. The van der Waals surface area contributed by atoms with Gasteiger partial charge in [-0.2, -0.15) is 4.31 Å². The third-order valence-corrected chi connectivity index (χ3v) is 7.68. The maximum absolute atomic E-state index is 13.0. The number of sulfonamides is 1. The predicted molar refractivity (Wildman–Crippen MR) is 127 cm³/mol. The molecule has 8 nitrogen and oxygen atoms in total. The monoisotopic (exact) mass is 471 g/mol. The molecule has 2 aromatic carbocycles. The molecule has 1 atom stereocenters. The minimum atomic E-state index is -3.71. The highest BCUT2D eigenvalue weighted by Gasteiger charge is 2.29. The van der Waals surface area contributed by atoms with Gasteiger partial charge >= 0.3 is 0 Å². The van der Waals surface area contributed by atoms with Crippen molar-refractivity contribution in [3.63, 3.8) is 0 Å². The predicted octanol–water partition coefficient (Wildman–Crippen LogP) is 3.63. The van der Waals surface area contributed by atoms with Gasteiger partial charge in [-0.05, 0) is 35.4 Å². The van der Waals surface area contributed by atoms with Crippen molar-refractivity contribution >= 4 is 33.6 Å². The van der Waals surface area contributed by atoms with E-state index in [1.165, 1.54) is 41.4 Å². The summed E-state index contributed by atoms with van der Waals surface area (Å²) in [5.74, 6) is -0.204. The summed E-state index contributed by atoms with van der Waals surface area (Å²) in [5, 5.41) is 2.78. The SMILES string of the molecule is CCN(CC)S(=O)(=O)c1ccc(OC)c(NC(=O)C[C@@H]2c3ccccc3C=CN2C(C)=O)c1. The average Bonchev–Trinajstić information content (AvgIpc) is 2.79. The van der Waals surface area contributed by atoms with Gasteiger partial charge in [0.2, 0.25) is 21.8 Å². The Morgan fingerprint density at radius 1 is 1.12 bits per heavy atom. The van der Waals surface area contributed by atoms with Crippen LogP contribution in [0.5, 0.6) is 5.75 Å². The van der Waals surface area contributed by atoms with Crippen LogP contribution in [0.25, 0.3) is 6.08 Å². The van der Waals surface area contributed by atoms with Crippen molar-refractivity contribution in [2.75, 3.05) is 25.5 Å². The Balaban J connectivity index is 1.89. The minimum Gasteiger partial charge on any atom is -0.495 e. The molecule has 0 spiro atoms. The Hall–Kier alpha value is -3.17. The van der Waals surface area contributed by atoms with Gasteiger partial charge in [-0.25, -0.2) is 8.42 Å². The second kappa shape index (κ2) is 10.2. The summed E-state index contributed by atoms with van der Waals surface area (Å²) in [7, 11) is -2.26. The first-order valence-corrected chi connectivity index (χ1v) is 12.2. The molecule has 176 valence electrons. The average molecular weight is 472 g/mol. The second-order valence-electron chi connectivity index (χ2n) is 7.59. The van der Waals surface area contributed by atoms with Crippen LogP contribution in [0.1, 0.15) is 44.4 Å². The smallest absolute Gasteiger partial charge is 0.243 e. The maximum Gasteiger partial charge on any atom is 0.243 e. The Labute approximate surface area is 194 Å². The highest BCUT2D eigenvalue weighted by Crippen LogP contribution is 2.34. The lowest BCUT2D eigenvalue weighted by Gasteiger charge is -2.32. The highest BCUT2D eigenvalue weighted by atomic mass is 32.2. The van der Waals surface area contributed by atoms with Gasteiger partial charge in [0.15, 0.2) is 0 Å². The van der Waals surface area contributed by atoms with E-state index in [0.29, 0.717) is 18.8 Å². The van der Waals surface area contributed by atoms with E-state index in [1.807, 2.05) is 30.3 Å². The molecule has 33 heavy (non-hydrogen) atoms. The topological polar surface area (TPSA) is 96.0 Å². The normalized spacial score (nSPS) is 15.3. The number of benzene rings is 2. The fourth-order valence-electron chi connectivity index (χ4n) is 3.95. The van der Waals surface area contributed by atoms with E-state index in [9.17, 15) is 18.0 Å². The number of amides is 2. The van der Waals surface area contributed by atoms with Gasteiger partial charge in [0.1, 0.15) is 5.75 Å². The van der Waals surface area contributed by atoms with Crippen LogP contribution in [0, 0.1) is 0 Å². The molecule has 3 rings (SSSR count). The molecule has 0 saturated heterocycles. The van der Waals surface area contributed by atoms with Crippen LogP contribution in [0.15, 0.2) is 53.6 Å². The highest BCUT2D eigenvalue weighted by molar-refractivity contribution is 7.89. The van der Waals surface area contributed by atoms with Gasteiger partial charge in [-0.15, -0.1) is 0 Å². The van der Waals surface area contributed by atoms with Crippen molar-refractivity contribution in [1.29, 1.82) is 0 Å². The molecule has 1 heterocycles. The van der Waals surface area contributed by atoms with Gasteiger partial charge < -0.3 is 15.0 Å². The van der Waals surface area contributed by atoms with Crippen LogP contribution >= 0.6 is 0 Å². The molecule has 1 N–H and O–H groups in total. The molecule has 0 saturated carbocycles. The lowest BCUT2D eigenvalue weighted by Crippen LogP contribution is -2.33. The van der Waals surface area contributed by atoms with E-state index in [0.717, 1.165) is 11.1 Å². The van der Waals surface area contributed by atoms with Crippen molar-refractivity contribution in [2.24, 2.45) is 0 Å². The fourth-order valence-corrected chi connectivity index (χ4v) is 5.43. The molecule has 1 aliphatic heterocycles. The maximum atomic E-state index is 13.0. The third kappa shape index (κ3) is 5.09. The molecule has 1 aliphatic rings.